The summed E-state index contributed by atoms with van der Waals surface area (Å²) in [4.78, 5) is 9.78. The van der Waals surface area contributed by atoms with Gasteiger partial charge >= 0.3 is 0 Å². The third-order valence-electron chi connectivity index (χ3n) is 11.3. The summed E-state index contributed by atoms with van der Waals surface area (Å²) in [6.07, 6.45) is 8.42. The molecule has 11 aromatic rings. The largest absolute Gasteiger partial charge is 0.368 e. The maximum Gasteiger partial charge on any atom is 0.137 e. The number of dihydropyridines is 1. The average molecular weight is 753 g/mol. The second-order valence-corrected chi connectivity index (χ2v) is 16.4. The molecule has 0 spiro atoms. The van der Waals surface area contributed by atoms with Crippen molar-refractivity contribution in [3.05, 3.63) is 182 Å². The van der Waals surface area contributed by atoms with Gasteiger partial charge in [0, 0.05) is 54.5 Å². The minimum atomic E-state index is 0.774. The molecule has 0 radical (unpaired) electrons. The first-order valence-electron chi connectivity index (χ1n) is 18.9. The van der Waals surface area contributed by atoms with Crippen LogP contribution >= 0.6 is 22.7 Å². The number of anilines is 5. The Kier molecular flexibility index (Phi) is 7.00. The molecule has 1 aliphatic heterocycles. The summed E-state index contributed by atoms with van der Waals surface area (Å²) < 4.78 is 5.11. The van der Waals surface area contributed by atoms with E-state index in [1.807, 2.05) is 34.9 Å². The molecule has 56 heavy (non-hydrogen) atoms. The van der Waals surface area contributed by atoms with Crippen molar-refractivity contribution in [3.63, 3.8) is 0 Å². The van der Waals surface area contributed by atoms with Crippen molar-refractivity contribution in [1.29, 1.82) is 0 Å². The monoisotopic (exact) mass is 752 g/mol. The molecule has 0 unspecified atom stereocenters. The number of rotatable bonds is 6. The maximum atomic E-state index is 4.97. The highest BCUT2D eigenvalue weighted by Crippen LogP contribution is 2.50. The van der Waals surface area contributed by atoms with E-state index >= 15 is 0 Å². The summed E-state index contributed by atoms with van der Waals surface area (Å²) in [5.41, 5.74) is 4.55. The number of thiophene rings is 2. The molecule has 0 amide bonds. The Morgan fingerprint density at radius 3 is 1.61 bits per heavy atom. The highest BCUT2D eigenvalue weighted by Gasteiger charge is 2.25. The number of allylic oxidation sites excluding steroid dienone is 2. The summed E-state index contributed by atoms with van der Waals surface area (Å²) in [6.45, 7) is 0.774. The van der Waals surface area contributed by atoms with Gasteiger partial charge in [-0.15, -0.1) is 22.7 Å². The number of benzene rings is 8. The minimum Gasteiger partial charge on any atom is -0.368 e. The Bertz CT molecular complexity index is 3390. The van der Waals surface area contributed by atoms with Crippen molar-refractivity contribution in [1.82, 2.24) is 10.3 Å². The SMILES string of the molecule is C1=CCNC(N(c2ccc3ccc4c(N(c5ccccn5)c5cccc6c5sc5ccccc56)ccc5ccc2c3c54)c2cccc3c2sc2ccccc23)=C1. The molecule has 0 saturated carbocycles. The summed E-state index contributed by atoms with van der Waals surface area (Å²) in [7, 11) is 0. The normalized spacial score (nSPS) is 13.1. The summed E-state index contributed by atoms with van der Waals surface area (Å²) >= 11 is 3.71. The van der Waals surface area contributed by atoms with Crippen molar-refractivity contribution in [3.8, 4) is 0 Å². The molecule has 1 aliphatic rings. The summed E-state index contributed by atoms with van der Waals surface area (Å²) in [5.74, 6) is 1.95. The van der Waals surface area contributed by atoms with Gasteiger partial charge in [0.15, 0.2) is 0 Å². The lowest BCUT2D eigenvalue weighted by Gasteiger charge is -2.31. The number of hydrogen-bond acceptors (Lipinski definition) is 6. The molecular weight excluding hydrogens is 721 g/mol. The number of nitrogens with one attached hydrogen (secondary N) is 1. The molecule has 264 valence electrons. The fraction of sp³-hybridized carbons (Fsp3) is 0.0200. The van der Waals surface area contributed by atoms with Gasteiger partial charge in [0.2, 0.25) is 0 Å². The van der Waals surface area contributed by atoms with E-state index in [0.29, 0.717) is 0 Å². The molecule has 0 atom stereocenters. The number of pyridine rings is 1. The van der Waals surface area contributed by atoms with Crippen LogP contribution in [0.4, 0.5) is 28.6 Å². The Morgan fingerprint density at radius 1 is 0.464 bits per heavy atom. The van der Waals surface area contributed by atoms with Crippen LogP contribution in [0.25, 0.3) is 72.7 Å². The standard InChI is InChI=1S/C50H32N4S2/c1-3-17-43-33(11-1)35-13-9-15-41(49(35)55-43)53(45-19-5-7-29-51-45)39-27-23-31-22-26-38-40(28-24-32-21-25-37(39)47(31)48(32)38)54(46-20-6-8-30-52-46)42-16-10-14-36-34-12-2-4-18-44(34)56-50(36)42/h1-29,52H,30H2. The zero-order valence-electron chi connectivity index (χ0n) is 30.1. The molecule has 8 aromatic carbocycles. The van der Waals surface area contributed by atoms with Crippen LogP contribution in [-0.2, 0) is 0 Å². The number of aromatic nitrogens is 1. The average Bonchev–Trinajstić information content (AvgIpc) is 3.84. The zero-order valence-corrected chi connectivity index (χ0v) is 31.7. The van der Waals surface area contributed by atoms with Crippen LogP contribution in [-0.4, -0.2) is 11.5 Å². The van der Waals surface area contributed by atoms with Crippen LogP contribution in [0.5, 0.6) is 0 Å². The smallest absolute Gasteiger partial charge is 0.137 e. The first-order chi connectivity index (χ1) is 27.8. The van der Waals surface area contributed by atoms with E-state index in [2.05, 4.69) is 179 Å². The topological polar surface area (TPSA) is 31.4 Å². The number of nitrogens with zero attached hydrogens (tertiary/aromatic N) is 3. The predicted molar refractivity (Wildman–Crippen MR) is 242 cm³/mol. The molecule has 6 heteroatoms. The molecule has 4 heterocycles. The van der Waals surface area contributed by atoms with Crippen LogP contribution < -0.4 is 15.1 Å². The van der Waals surface area contributed by atoms with E-state index in [1.165, 1.54) is 78.3 Å². The summed E-state index contributed by atoms with van der Waals surface area (Å²) in [6, 6.07) is 55.5. The first-order valence-corrected chi connectivity index (χ1v) is 20.6. The predicted octanol–water partition coefficient (Wildman–Crippen LogP) is 14.3. The van der Waals surface area contributed by atoms with E-state index < -0.39 is 0 Å². The zero-order chi connectivity index (χ0) is 36.7. The van der Waals surface area contributed by atoms with Gasteiger partial charge in [-0.25, -0.2) is 4.98 Å². The molecule has 0 saturated heterocycles. The van der Waals surface area contributed by atoms with E-state index in [1.54, 1.807) is 0 Å². The highest BCUT2D eigenvalue weighted by atomic mass is 32.1. The highest BCUT2D eigenvalue weighted by molar-refractivity contribution is 7.26. The fourth-order valence-corrected chi connectivity index (χ4v) is 11.2. The van der Waals surface area contributed by atoms with Crippen molar-refractivity contribution in [2.45, 2.75) is 0 Å². The second-order valence-electron chi connectivity index (χ2n) is 14.3. The molecule has 0 fully saturated rings. The number of fused-ring (bicyclic) bond motifs is 6. The first kappa shape index (κ1) is 31.6. The molecule has 0 aliphatic carbocycles. The van der Waals surface area contributed by atoms with Crippen LogP contribution in [0.2, 0.25) is 0 Å². The van der Waals surface area contributed by atoms with Crippen molar-refractivity contribution >= 4 is 124 Å². The van der Waals surface area contributed by atoms with Crippen LogP contribution in [0, 0.1) is 0 Å². The van der Waals surface area contributed by atoms with Crippen molar-refractivity contribution in [2.75, 3.05) is 16.3 Å². The van der Waals surface area contributed by atoms with Crippen molar-refractivity contribution < 1.29 is 0 Å². The fourth-order valence-electron chi connectivity index (χ4n) is 8.83. The van der Waals surface area contributed by atoms with E-state index in [-0.39, 0.29) is 0 Å². The minimum absolute atomic E-state index is 0.774. The van der Waals surface area contributed by atoms with E-state index in [9.17, 15) is 0 Å². The van der Waals surface area contributed by atoms with Crippen molar-refractivity contribution in [2.24, 2.45) is 0 Å². The third kappa shape index (κ3) is 4.67. The van der Waals surface area contributed by atoms with Gasteiger partial charge in [0.25, 0.3) is 0 Å². The van der Waals surface area contributed by atoms with Gasteiger partial charge in [-0.1, -0.05) is 115 Å². The summed E-state index contributed by atoms with van der Waals surface area (Å²) in [5, 5.41) is 16.2. The Hall–Kier alpha value is -6.73. The lowest BCUT2D eigenvalue weighted by atomic mass is 9.92. The van der Waals surface area contributed by atoms with E-state index in [4.69, 9.17) is 4.98 Å². The number of hydrogen-bond donors (Lipinski definition) is 1. The Balaban J connectivity index is 1.13. The van der Waals surface area contributed by atoms with Gasteiger partial charge in [-0.3, -0.25) is 9.80 Å². The van der Waals surface area contributed by atoms with Gasteiger partial charge in [0.05, 0.1) is 32.1 Å². The van der Waals surface area contributed by atoms with Crippen LogP contribution in [0.1, 0.15) is 0 Å². The molecule has 3 aromatic heterocycles. The van der Waals surface area contributed by atoms with Gasteiger partial charge in [-0.05, 0) is 76.2 Å². The maximum absolute atomic E-state index is 4.97. The third-order valence-corrected chi connectivity index (χ3v) is 13.7. The lowest BCUT2D eigenvalue weighted by molar-refractivity contribution is 0.855. The molecule has 1 N–H and O–H groups in total. The molecular formula is C50H32N4S2. The lowest BCUT2D eigenvalue weighted by Crippen LogP contribution is -2.29. The van der Waals surface area contributed by atoms with Gasteiger partial charge in [0.1, 0.15) is 11.6 Å². The van der Waals surface area contributed by atoms with Crippen LogP contribution in [0.3, 0.4) is 0 Å². The Morgan fingerprint density at radius 2 is 1.02 bits per heavy atom. The van der Waals surface area contributed by atoms with Gasteiger partial charge in [-0.2, -0.15) is 0 Å². The second kappa shape index (κ2) is 12.4. The molecule has 12 rings (SSSR count). The van der Waals surface area contributed by atoms with Gasteiger partial charge < -0.3 is 5.32 Å². The van der Waals surface area contributed by atoms with E-state index in [0.717, 1.165) is 35.2 Å². The Labute approximate surface area is 330 Å². The quantitative estimate of drug-likeness (QED) is 0.171. The van der Waals surface area contributed by atoms with Crippen LogP contribution in [0.15, 0.2) is 182 Å². The molecule has 0 bridgehead atoms. The molecule has 4 nitrogen and oxygen atoms in total.